The summed E-state index contributed by atoms with van der Waals surface area (Å²) < 4.78 is 7.04. The predicted molar refractivity (Wildman–Crippen MR) is 98.7 cm³/mol. The molecule has 0 fully saturated rings. The van der Waals surface area contributed by atoms with Crippen LogP contribution < -0.4 is 10.1 Å². The molecule has 0 amide bonds. The number of anilines is 1. The molecule has 1 aliphatic heterocycles. The maximum atomic E-state index is 12.7. The summed E-state index contributed by atoms with van der Waals surface area (Å²) in [5.41, 5.74) is 1.73. The van der Waals surface area contributed by atoms with Gasteiger partial charge in [0.1, 0.15) is 5.78 Å². The van der Waals surface area contributed by atoms with Gasteiger partial charge in [-0.3, -0.25) is 4.79 Å². The molecule has 7 nitrogen and oxygen atoms in total. The van der Waals surface area contributed by atoms with Gasteiger partial charge < -0.3 is 15.2 Å². The summed E-state index contributed by atoms with van der Waals surface area (Å²) in [5.74, 6) is 1.78. The summed E-state index contributed by atoms with van der Waals surface area (Å²) in [6.07, 6.45) is 3.32. The predicted octanol–water partition coefficient (Wildman–Crippen LogP) is 2.98. The van der Waals surface area contributed by atoms with Crippen LogP contribution in [0.4, 0.5) is 5.95 Å². The van der Waals surface area contributed by atoms with Gasteiger partial charge in [0.15, 0.2) is 11.5 Å². The molecule has 2 aromatic rings. The molecule has 1 aromatic heterocycles. The van der Waals surface area contributed by atoms with Gasteiger partial charge in [0.25, 0.3) is 0 Å². The monoisotopic (exact) mass is 372 g/mol. The molecular weight excluding hydrogens is 352 g/mol. The third kappa shape index (κ3) is 2.74. The number of hydrogen-bond acceptors (Lipinski definition) is 7. The molecule has 2 heterocycles. The van der Waals surface area contributed by atoms with E-state index < -0.39 is 0 Å². The van der Waals surface area contributed by atoms with Crippen molar-refractivity contribution in [2.24, 2.45) is 5.92 Å². The van der Waals surface area contributed by atoms with Crippen molar-refractivity contribution < 1.29 is 14.6 Å². The Labute approximate surface area is 155 Å². The number of carbonyl (C=O) groups is 1. The minimum absolute atomic E-state index is 0.0666. The standard InChI is InChI=1S/C18H20N4O3S/c1-3-26-18-20-17-19-11-5-4-6-13(24)15(11)16(22(17)21-18)10-7-8-12(23)14(9-10)25-2/h5,7-9,15-16,23H,3-4,6H2,1-2H3,(H,19,20,21)/t15-,16-/m0/s1. The van der Waals surface area contributed by atoms with Gasteiger partial charge in [0.05, 0.1) is 19.1 Å². The van der Waals surface area contributed by atoms with Gasteiger partial charge in [-0.05, 0) is 29.9 Å². The lowest BCUT2D eigenvalue weighted by molar-refractivity contribution is -0.123. The van der Waals surface area contributed by atoms with Crippen LogP contribution in [-0.4, -0.2) is 38.5 Å². The van der Waals surface area contributed by atoms with Gasteiger partial charge in [-0.25, -0.2) is 4.68 Å². The van der Waals surface area contributed by atoms with Crippen molar-refractivity contribution >= 4 is 23.5 Å². The van der Waals surface area contributed by atoms with E-state index in [1.54, 1.807) is 28.6 Å². The first-order valence-corrected chi connectivity index (χ1v) is 9.57. The molecule has 26 heavy (non-hydrogen) atoms. The van der Waals surface area contributed by atoms with Gasteiger partial charge in [-0.2, -0.15) is 4.98 Å². The molecule has 0 spiro atoms. The second kappa shape index (κ2) is 6.68. The second-order valence-corrected chi connectivity index (χ2v) is 7.47. The number of methoxy groups -OCH3 is 1. The Hall–Kier alpha value is -2.48. The lowest BCUT2D eigenvalue weighted by atomic mass is 9.81. The maximum absolute atomic E-state index is 12.7. The molecule has 8 heteroatoms. The molecular formula is C18H20N4O3S. The topological polar surface area (TPSA) is 89.3 Å². The van der Waals surface area contributed by atoms with Crippen LogP contribution in [0.1, 0.15) is 31.4 Å². The van der Waals surface area contributed by atoms with Gasteiger partial charge in [0, 0.05) is 12.1 Å². The fourth-order valence-electron chi connectivity index (χ4n) is 3.56. The first-order valence-electron chi connectivity index (χ1n) is 8.58. The highest BCUT2D eigenvalue weighted by Crippen LogP contribution is 2.43. The quantitative estimate of drug-likeness (QED) is 0.798. The van der Waals surface area contributed by atoms with E-state index in [2.05, 4.69) is 21.5 Å². The van der Waals surface area contributed by atoms with Crippen molar-refractivity contribution in [1.82, 2.24) is 14.8 Å². The fraction of sp³-hybridized carbons (Fsp3) is 0.389. The molecule has 0 saturated carbocycles. The van der Waals surface area contributed by atoms with E-state index >= 15 is 0 Å². The number of phenolic OH excluding ortho intramolecular Hbond substituents is 1. The van der Waals surface area contributed by atoms with E-state index in [0.29, 0.717) is 23.3 Å². The van der Waals surface area contributed by atoms with Crippen molar-refractivity contribution in [2.45, 2.75) is 31.0 Å². The molecule has 2 atom stereocenters. The Morgan fingerprint density at radius 1 is 1.46 bits per heavy atom. The van der Waals surface area contributed by atoms with E-state index in [9.17, 15) is 9.90 Å². The highest BCUT2D eigenvalue weighted by Gasteiger charge is 2.41. The molecule has 0 radical (unpaired) electrons. The SMILES string of the molecule is CCSc1nc2n(n1)[C@@H](c1ccc(O)c(OC)c1)[C@@H]1C(=O)CCC=C1N2. The number of hydrogen-bond donors (Lipinski definition) is 2. The lowest BCUT2D eigenvalue weighted by Gasteiger charge is -2.36. The number of nitrogens with one attached hydrogen (secondary N) is 1. The number of allylic oxidation sites excluding steroid dienone is 2. The van der Waals surface area contributed by atoms with Crippen LogP contribution in [0, 0.1) is 5.92 Å². The van der Waals surface area contributed by atoms with Gasteiger partial charge in [-0.1, -0.05) is 30.8 Å². The average molecular weight is 372 g/mol. The van der Waals surface area contributed by atoms with Crippen molar-refractivity contribution in [3.8, 4) is 11.5 Å². The number of carbonyl (C=O) groups excluding carboxylic acids is 1. The first-order chi connectivity index (χ1) is 12.6. The van der Waals surface area contributed by atoms with Crippen molar-refractivity contribution in [3.63, 3.8) is 0 Å². The zero-order chi connectivity index (χ0) is 18.3. The maximum Gasteiger partial charge on any atom is 0.227 e. The number of rotatable bonds is 4. The normalized spacial score (nSPS) is 21.5. The second-order valence-electron chi connectivity index (χ2n) is 6.24. The highest BCUT2D eigenvalue weighted by atomic mass is 32.2. The van der Waals surface area contributed by atoms with Crippen LogP contribution >= 0.6 is 11.8 Å². The summed E-state index contributed by atoms with van der Waals surface area (Å²) >= 11 is 1.56. The van der Waals surface area contributed by atoms with Crippen LogP contribution in [0.2, 0.25) is 0 Å². The minimum Gasteiger partial charge on any atom is -0.504 e. The van der Waals surface area contributed by atoms with Crippen molar-refractivity contribution in [3.05, 3.63) is 35.5 Å². The average Bonchev–Trinajstić information content (AvgIpc) is 3.03. The molecule has 0 bridgehead atoms. The number of nitrogens with zero attached hydrogens (tertiary/aromatic N) is 3. The smallest absolute Gasteiger partial charge is 0.227 e. The number of ether oxygens (including phenoxy) is 1. The molecule has 2 aliphatic rings. The Balaban J connectivity index is 1.87. The van der Waals surface area contributed by atoms with Gasteiger partial charge in [0.2, 0.25) is 11.1 Å². The largest absolute Gasteiger partial charge is 0.504 e. The number of thioether (sulfide) groups is 1. The number of aromatic hydroxyl groups is 1. The molecule has 136 valence electrons. The van der Waals surface area contributed by atoms with Crippen molar-refractivity contribution in [2.75, 3.05) is 18.2 Å². The van der Waals surface area contributed by atoms with Gasteiger partial charge >= 0.3 is 0 Å². The van der Waals surface area contributed by atoms with Crippen LogP contribution in [0.25, 0.3) is 0 Å². The van der Waals surface area contributed by atoms with Crippen molar-refractivity contribution in [1.29, 1.82) is 0 Å². The van der Waals surface area contributed by atoms with Crippen LogP contribution in [0.15, 0.2) is 35.1 Å². The third-order valence-corrected chi connectivity index (χ3v) is 5.42. The number of phenols is 1. The summed E-state index contributed by atoms with van der Waals surface area (Å²) in [4.78, 5) is 17.3. The molecule has 2 N–H and O–H groups in total. The van der Waals surface area contributed by atoms with Crippen LogP contribution in [-0.2, 0) is 4.79 Å². The number of benzene rings is 1. The number of Topliss-reactive ketones (excluding diaryl/α,β-unsaturated/α-hetero) is 1. The fourth-order valence-corrected chi connectivity index (χ4v) is 4.11. The number of fused-ring (bicyclic) bond motifs is 2. The Bertz CT molecular complexity index is 893. The summed E-state index contributed by atoms with van der Waals surface area (Å²) in [6.45, 7) is 2.05. The summed E-state index contributed by atoms with van der Waals surface area (Å²) in [7, 11) is 1.51. The van der Waals surface area contributed by atoms with E-state index in [1.165, 1.54) is 7.11 Å². The lowest BCUT2D eigenvalue weighted by Crippen LogP contribution is -2.38. The van der Waals surface area contributed by atoms with Gasteiger partial charge in [-0.15, -0.1) is 5.10 Å². The molecule has 0 unspecified atom stereocenters. The number of ketones is 1. The van der Waals surface area contributed by atoms with Crippen LogP contribution in [0.5, 0.6) is 11.5 Å². The Kier molecular flexibility index (Phi) is 4.36. The summed E-state index contributed by atoms with van der Waals surface area (Å²) in [6, 6.07) is 4.85. The molecule has 1 aliphatic carbocycles. The first kappa shape index (κ1) is 17.0. The molecule has 4 rings (SSSR count). The van der Waals surface area contributed by atoms with E-state index in [4.69, 9.17) is 4.74 Å². The Morgan fingerprint density at radius 3 is 3.08 bits per heavy atom. The van der Waals surface area contributed by atoms with Crippen LogP contribution in [0.3, 0.4) is 0 Å². The summed E-state index contributed by atoms with van der Waals surface area (Å²) in [5, 5.41) is 18.5. The zero-order valence-corrected chi connectivity index (χ0v) is 15.4. The van der Waals surface area contributed by atoms with E-state index in [0.717, 1.165) is 23.4 Å². The Morgan fingerprint density at radius 2 is 2.31 bits per heavy atom. The number of aromatic nitrogens is 3. The van der Waals surface area contributed by atoms with E-state index in [-0.39, 0.29) is 23.5 Å². The molecule has 1 aromatic carbocycles. The highest BCUT2D eigenvalue weighted by molar-refractivity contribution is 7.99. The minimum atomic E-state index is -0.341. The third-order valence-electron chi connectivity index (χ3n) is 4.70. The molecule has 0 saturated heterocycles. The van der Waals surface area contributed by atoms with E-state index in [1.807, 2.05) is 13.0 Å². The zero-order valence-electron chi connectivity index (χ0n) is 14.6.